The summed E-state index contributed by atoms with van der Waals surface area (Å²) in [4.78, 5) is 12.2. The van der Waals surface area contributed by atoms with Crippen molar-refractivity contribution < 1.29 is 17.2 Å². The smallest absolute Gasteiger partial charge is 0.363 e. The van der Waals surface area contributed by atoms with Gasteiger partial charge in [-0.25, -0.2) is 17.6 Å². The average molecular weight is 376 g/mol. The normalized spacial score (nSPS) is 11.5. The number of hydrogen-bond acceptors (Lipinski definition) is 5. The Morgan fingerprint density at radius 1 is 1.04 bits per heavy atom. The van der Waals surface area contributed by atoms with Crippen LogP contribution in [0, 0.1) is 5.82 Å². The van der Waals surface area contributed by atoms with Gasteiger partial charge < -0.3 is 9.73 Å². The molecule has 0 radical (unpaired) electrons. The zero-order valence-electron chi connectivity index (χ0n) is 14.0. The molecule has 0 unspecified atom stereocenters. The number of para-hydroxylation sites is 1. The summed E-state index contributed by atoms with van der Waals surface area (Å²) in [6.45, 7) is 2.49. The van der Waals surface area contributed by atoms with Crippen LogP contribution in [0.25, 0.3) is 11.0 Å². The van der Waals surface area contributed by atoms with E-state index >= 15 is 0 Å². The standard InChI is InChI=1S/C18H17FN2O4S/c1-2-11-20-16-14-5-3-4-6-15(14)25-18(22)17(16)21-26(23,24)13-9-7-12(19)8-10-13/h3-10,20-21H,2,11H2,1H3. The number of anilines is 2. The van der Waals surface area contributed by atoms with Gasteiger partial charge in [0.05, 0.1) is 10.6 Å². The monoisotopic (exact) mass is 376 g/mol. The Hall–Kier alpha value is -2.87. The van der Waals surface area contributed by atoms with E-state index in [4.69, 9.17) is 4.42 Å². The van der Waals surface area contributed by atoms with E-state index in [2.05, 4.69) is 10.0 Å². The molecule has 0 saturated heterocycles. The number of halogens is 1. The molecule has 0 atom stereocenters. The topological polar surface area (TPSA) is 88.4 Å². The van der Waals surface area contributed by atoms with Crippen LogP contribution < -0.4 is 15.7 Å². The zero-order valence-corrected chi connectivity index (χ0v) is 14.8. The fraction of sp³-hybridized carbons (Fsp3) is 0.167. The van der Waals surface area contributed by atoms with Crippen LogP contribution >= 0.6 is 0 Å². The first-order chi connectivity index (χ1) is 12.4. The molecule has 8 heteroatoms. The molecule has 0 saturated carbocycles. The summed E-state index contributed by atoms with van der Waals surface area (Å²) >= 11 is 0. The van der Waals surface area contributed by atoms with Crippen molar-refractivity contribution >= 4 is 32.4 Å². The predicted molar refractivity (Wildman–Crippen MR) is 98.5 cm³/mol. The summed E-state index contributed by atoms with van der Waals surface area (Å²) in [5, 5.41) is 3.66. The van der Waals surface area contributed by atoms with E-state index in [9.17, 15) is 17.6 Å². The van der Waals surface area contributed by atoms with Gasteiger partial charge in [0.2, 0.25) is 0 Å². The van der Waals surface area contributed by atoms with Crippen molar-refractivity contribution in [2.45, 2.75) is 18.2 Å². The lowest BCUT2D eigenvalue weighted by Gasteiger charge is -2.15. The maximum Gasteiger partial charge on any atom is 0.363 e. The largest absolute Gasteiger partial charge is 0.421 e. The maximum absolute atomic E-state index is 13.1. The van der Waals surface area contributed by atoms with Crippen LogP contribution in [0.4, 0.5) is 15.8 Å². The third kappa shape index (κ3) is 3.55. The van der Waals surface area contributed by atoms with Crippen LogP contribution in [-0.2, 0) is 10.0 Å². The van der Waals surface area contributed by atoms with E-state index in [1.54, 1.807) is 24.3 Å². The fourth-order valence-corrected chi connectivity index (χ4v) is 3.55. The fourth-order valence-electron chi connectivity index (χ4n) is 2.48. The Morgan fingerprint density at radius 2 is 1.73 bits per heavy atom. The molecule has 136 valence electrons. The zero-order chi connectivity index (χ0) is 18.7. The highest BCUT2D eigenvalue weighted by Crippen LogP contribution is 2.30. The van der Waals surface area contributed by atoms with Gasteiger partial charge in [0, 0.05) is 11.9 Å². The van der Waals surface area contributed by atoms with E-state index in [1.165, 1.54) is 0 Å². The van der Waals surface area contributed by atoms with Crippen LogP contribution in [0.1, 0.15) is 13.3 Å². The quantitative estimate of drug-likeness (QED) is 0.642. The molecule has 3 rings (SSSR count). The average Bonchev–Trinajstić information content (AvgIpc) is 2.62. The molecule has 1 aromatic heterocycles. The second kappa shape index (κ2) is 7.17. The molecule has 0 aliphatic rings. The SMILES string of the molecule is CCCNc1c(NS(=O)(=O)c2ccc(F)cc2)c(=O)oc2ccccc12. The molecule has 0 amide bonds. The van der Waals surface area contributed by atoms with Crippen molar-refractivity contribution in [1.29, 1.82) is 0 Å². The molecule has 0 spiro atoms. The molecule has 6 nitrogen and oxygen atoms in total. The third-order valence-corrected chi connectivity index (χ3v) is 5.09. The molecule has 1 heterocycles. The Bertz CT molecular complexity index is 1090. The minimum Gasteiger partial charge on any atom is -0.421 e. The second-order valence-corrected chi connectivity index (χ2v) is 7.30. The summed E-state index contributed by atoms with van der Waals surface area (Å²) in [5.74, 6) is -0.556. The molecule has 3 aromatic rings. The molecule has 2 aromatic carbocycles. The van der Waals surface area contributed by atoms with Gasteiger partial charge in [-0.2, -0.15) is 0 Å². The molecular formula is C18H17FN2O4S. The van der Waals surface area contributed by atoms with Gasteiger partial charge in [0.25, 0.3) is 10.0 Å². The van der Waals surface area contributed by atoms with Crippen LogP contribution in [-0.4, -0.2) is 15.0 Å². The lowest BCUT2D eigenvalue weighted by atomic mass is 10.2. The number of benzene rings is 2. The van der Waals surface area contributed by atoms with Gasteiger partial charge in [-0.1, -0.05) is 19.1 Å². The summed E-state index contributed by atoms with van der Waals surface area (Å²) in [7, 11) is -4.09. The van der Waals surface area contributed by atoms with E-state index in [1.807, 2.05) is 6.92 Å². The molecule has 0 aliphatic heterocycles. The van der Waals surface area contributed by atoms with Crippen LogP contribution in [0.3, 0.4) is 0 Å². The minimum absolute atomic E-state index is 0.159. The van der Waals surface area contributed by atoms with Crippen LogP contribution in [0.15, 0.2) is 62.6 Å². The van der Waals surface area contributed by atoms with Gasteiger partial charge >= 0.3 is 5.63 Å². The van der Waals surface area contributed by atoms with Gasteiger partial charge in [0.1, 0.15) is 11.4 Å². The third-order valence-electron chi connectivity index (χ3n) is 3.73. The summed E-state index contributed by atoms with van der Waals surface area (Å²) in [6, 6.07) is 11.2. The molecule has 2 N–H and O–H groups in total. The highest BCUT2D eigenvalue weighted by Gasteiger charge is 2.21. The van der Waals surface area contributed by atoms with Gasteiger partial charge in [-0.3, -0.25) is 4.72 Å². The predicted octanol–water partition coefficient (Wildman–Crippen LogP) is 3.55. The number of hydrogen-bond donors (Lipinski definition) is 2. The molecular weight excluding hydrogens is 359 g/mol. The molecule has 26 heavy (non-hydrogen) atoms. The number of sulfonamides is 1. The summed E-state index contributed by atoms with van der Waals surface area (Å²) in [5.41, 5.74) is -0.320. The van der Waals surface area contributed by atoms with Crippen molar-refractivity contribution in [3.05, 3.63) is 64.8 Å². The van der Waals surface area contributed by atoms with Crippen molar-refractivity contribution in [3.8, 4) is 0 Å². The Balaban J connectivity index is 2.13. The van der Waals surface area contributed by atoms with Crippen molar-refractivity contribution in [2.75, 3.05) is 16.6 Å². The first kappa shape index (κ1) is 17.9. The van der Waals surface area contributed by atoms with E-state index in [-0.39, 0.29) is 10.6 Å². The minimum atomic E-state index is -4.09. The highest BCUT2D eigenvalue weighted by molar-refractivity contribution is 7.92. The molecule has 0 fully saturated rings. The van der Waals surface area contributed by atoms with Gasteiger partial charge in [0.15, 0.2) is 5.69 Å². The lowest BCUT2D eigenvalue weighted by Crippen LogP contribution is -2.21. The first-order valence-electron chi connectivity index (χ1n) is 8.00. The maximum atomic E-state index is 13.1. The summed E-state index contributed by atoms with van der Waals surface area (Å²) in [6.07, 6.45) is 0.776. The van der Waals surface area contributed by atoms with Gasteiger partial charge in [-0.15, -0.1) is 0 Å². The number of rotatable bonds is 6. The highest BCUT2D eigenvalue weighted by atomic mass is 32.2. The van der Waals surface area contributed by atoms with Crippen LogP contribution in [0.2, 0.25) is 0 Å². The Kier molecular flexibility index (Phi) is 4.94. The Labute approximate surface area is 149 Å². The van der Waals surface area contributed by atoms with E-state index in [0.29, 0.717) is 23.2 Å². The van der Waals surface area contributed by atoms with E-state index in [0.717, 1.165) is 30.7 Å². The van der Waals surface area contributed by atoms with Crippen molar-refractivity contribution in [3.63, 3.8) is 0 Å². The summed E-state index contributed by atoms with van der Waals surface area (Å²) < 4.78 is 45.7. The first-order valence-corrected chi connectivity index (χ1v) is 9.49. The Morgan fingerprint density at radius 3 is 2.42 bits per heavy atom. The second-order valence-electron chi connectivity index (χ2n) is 5.62. The molecule has 0 aliphatic carbocycles. The van der Waals surface area contributed by atoms with E-state index < -0.39 is 21.5 Å². The lowest BCUT2D eigenvalue weighted by molar-refractivity contribution is 0.563. The number of fused-ring (bicyclic) bond motifs is 1. The van der Waals surface area contributed by atoms with Crippen molar-refractivity contribution in [2.24, 2.45) is 0 Å². The van der Waals surface area contributed by atoms with Crippen LogP contribution in [0.5, 0.6) is 0 Å². The van der Waals surface area contributed by atoms with Crippen molar-refractivity contribution in [1.82, 2.24) is 0 Å². The molecule has 0 bridgehead atoms. The number of nitrogens with one attached hydrogen (secondary N) is 2. The van der Waals surface area contributed by atoms with Gasteiger partial charge in [-0.05, 0) is 42.8 Å².